The second-order valence-corrected chi connectivity index (χ2v) is 4.05. The van der Waals surface area contributed by atoms with E-state index in [4.69, 9.17) is 17.4 Å². The summed E-state index contributed by atoms with van der Waals surface area (Å²) in [4.78, 5) is 0. The first kappa shape index (κ1) is 14.1. The molecule has 0 radical (unpaired) electrons. The van der Waals surface area contributed by atoms with Crippen LogP contribution in [0.5, 0.6) is 0 Å². The Hall–Kier alpha value is -1.99. The molecule has 2 atom stereocenters. The van der Waals surface area contributed by atoms with Gasteiger partial charge in [0.15, 0.2) is 0 Å². The van der Waals surface area contributed by atoms with Gasteiger partial charge in [-0.1, -0.05) is 48.3 Å². The van der Waals surface area contributed by atoms with Gasteiger partial charge in [-0.2, -0.15) is 0 Å². The molecule has 1 aromatic rings. The molecule has 0 bridgehead atoms. The molecule has 4 heteroatoms. The summed E-state index contributed by atoms with van der Waals surface area (Å²) in [5.74, 6) is 2.87. The molecular formula is C14H19N3O. The van der Waals surface area contributed by atoms with Crippen LogP contribution >= 0.6 is 0 Å². The van der Waals surface area contributed by atoms with Gasteiger partial charge < -0.3 is 10.9 Å². The number of nitrogens with two attached hydrogens (primary N) is 1. The molecule has 4 N–H and O–H groups in total. The number of nitrogens with one attached hydrogen (secondary N) is 1. The minimum Gasteiger partial charge on any atom is -0.409 e. The quantitative estimate of drug-likeness (QED) is 0.235. The first-order valence-corrected chi connectivity index (χ1v) is 5.94. The van der Waals surface area contributed by atoms with Crippen molar-refractivity contribution >= 4 is 5.84 Å². The van der Waals surface area contributed by atoms with E-state index in [9.17, 15) is 0 Å². The minimum atomic E-state index is -0.0527. The Morgan fingerprint density at radius 1 is 1.50 bits per heavy atom. The number of hydrogen-bond donors (Lipinski definition) is 3. The van der Waals surface area contributed by atoms with Crippen molar-refractivity contribution in [2.45, 2.75) is 31.8 Å². The van der Waals surface area contributed by atoms with E-state index in [-0.39, 0.29) is 17.9 Å². The molecule has 0 aliphatic heterocycles. The maximum atomic E-state index is 8.67. The van der Waals surface area contributed by atoms with Gasteiger partial charge in [-0.05, 0) is 12.0 Å². The van der Waals surface area contributed by atoms with Crippen LogP contribution < -0.4 is 11.1 Å². The van der Waals surface area contributed by atoms with Crippen molar-refractivity contribution in [2.75, 3.05) is 0 Å². The van der Waals surface area contributed by atoms with E-state index in [2.05, 4.69) is 16.4 Å². The van der Waals surface area contributed by atoms with E-state index >= 15 is 0 Å². The standard InChI is InChI=1S/C14H19N3O/c1-3-12(4-2)16-13(10-14(15)17-18)11-8-6-5-7-9-11/h1,5-9,12-13,16,18H,4,10H2,2H3,(H2,15,17). The molecule has 0 aliphatic carbocycles. The Balaban J connectivity index is 2.86. The second-order valence-electron chi connectivity index (χ2n) is 4.05. The van der Waals surface area contributed by atoms with E-state index in [0.29, 0.717) is 6.42 Å². The molecule has 0 heterocycles. The number of benzene rings is 1. The monoisotopic (exact) mass is 245 g/mol. The average molecular weight is 245 g/mol. The molecule has 1 aromatic carbocycles. The first-order valence-electron chi connectivity index (χ1n) is 5.94. The molecule has 0 spiro atoms. The highest BCUT2D eigenvalue weighted by Crippen LogP contribution is 2.17. The van der Waals surface area contributed by atoms with Gasteiger partial charge in [0.25, 0.3) is 0 Å². The third kappa shape index (κ3) is 4.11. The maximum absolute atomic E-state index is 8.67. The summed E-state index contributed by atoms with van der Waals surface area (Å²) in [6.07, 6.45) is 6.69. The Morgan fingerprint density at radius 2 is 2.17 bits per heavy atom. The topological polar surface area (TPSA) is 70.6 Å². The van der Waals surface area contributed by atoms with Gasteiger partial charge in [0.05, 0.1) is 6.04 Å². The number of rotatable bonds is 6. The average Bonchev–Trinajstić information content (AvgIpc) is 2.44. The van der Waals surface area contributed by atoms with Crippen LogP contribution in [0.25, 0.3) is 0 Å². The molecule has 4 nitrogen and oxygen atoms in total. The van der Waals surface area contributed by atoms with Gasteiger partial charge in [0, 0.05) is 12.5 Å². The summed E-state index contributed by atoms with van der Waals surface area (Å²) in [6, 6.07) is 9.75. The minimum absolute atomic E-state index is 0.0262. The fourth-order valence-electron chi connectivity index (χ4n) is 1.73. The number of hydrogen-bond acceptors (Lipinski definition) is 3. The molecule has 0 saturated heterocycles. The van der Waals surface area contributed by atoms with Gasteiger partial charge in [-0.25, -0.2) is 0 Å². The summed E-state index contributed by atoms with van der Waals surface area (Å²) in [5, 5.41) is 15.0. The van der Waals surface area contributed by atoms with Gasteiger partial charge >= 0.3 is 0 Å². The Morgan fingerprint density at radius 3 is 2.67 bits per heavy atom. The fraction of sp³-hybridized carbons (Fsp3) is 0.357. The van der Waals surface area contributed by atoms with Crippen LogP contribution in [-0.2, 0) is 0 Å². The number of amidine groups is 1. The lowest BCUT2D eigenvalue weighted by Crippen LogP contribution is -2.34. The van der Waals surface area contributed by atoms with Crippen LogP contribution in [0.2, 0.25) is 0 Å². The Labute approximate surface area is 108 Å². The van der Waals surface area contributed by atoms with Crippen molar-refractivity contribution in [3.8, 4) is 12.3 Å². The van der Waals surface area contributed by atoms with Crippen LogP contribution in [0.1, 0.15) is 31.4 Å². The predicted molar refractivity (Wildman–Crippen MR) is 73.3 cm³/mol. The summed E-state index contributed by atoms with van der Waals surface area (Å²) in [5.41, 5.74) is 6.65. The zero-order valence-corrected chi connectivity index (χ0v) is 10.5. The highest BCUT2D eigenvalue weighted by molar-refractivity contribution is 5.80. The lowest BCUT2D eigenvalue weighted by molar-refractivity contribution is 0.315. The van der Waals surface area contributed by atoms with Crippen LogP contribution in [0, 0.1) is 12.3 Å². The van der Waals surface area contributed by atoms with Gasteiger partial charge in [0.1, 0.15) is 5.84 Å². The van der Waals surface area contributed by atoms with Crippen molar-refractivity contribution in [3.05, 3.63) is 35.9 Å². The van der Waals surface area contributed by atoms with Crippen LogP contribution in [0.4, 0.5) is 0 Å². The van der Waals surface area contributed by atoms with Crippen LogP contribution in [-0.4, -0.2) is 17.1 Å². The van der Waals surface area contributed by atoms with E-state index in [1.165, 1.54) is 0 Å². The number of nitrogens with zero attached hydrogens (tertiary/aromatic N) is 1. The zero-order chi connectivity index (χ0) is 13.4. The normalized spacial score (nSPS) is 14.8. The highest BCUT2D eigenvalue weighted by atomic mass is 16.4. The van der Waals surface area contributed by atoms with Crippen molar-refractivity contribution < 1.29 is 5.21 Å². The van der Waals surface area contributed by atoms with E-state index in [1.54, 1.807) is 0 Å². The second kappa shape index (κ2) is 7.36. The van der Waals surface area contributed by atoms with Crippen LogP contribution in [0.15, 0.2) is 35.5 Å². The van der Waals surface area contributed by atoms with Crippen molar-refractivity contribution in [3.63, 3.8) is 0 Å². The third-order valence-corrected chi connectivity index (χ3v) is 2.76. The SMILES string of the molecule is C#CC(CC)NC(C/C(N)=N/O)c1ccccc1. The molecule has 1 rings (SSSR count). The van der Waals surface area contributed by atoms with Gasteiger partial charge in [-0.15, -0.1) is 6.42 Å². The van der Waals surface area contributed by atoms with E-state index < -0.39 is 0 Å². The smallest absolute Gasteiger partial charge is 0.141 e. The summed E-state index contributed by atoms with van der Waals surface area (Å²) in [6.45, 7) is 2.02. The first-order chi connectivity index (χ1) is 8.71. The van der Waals surface area contributed by atoms with Crippen LogP contribution in [0.3, 0.4) is 0 Å². The van der Waals surface area contributed by atoms with Gasteiger partial charge in [0.2, 0.25) is 0 Å². The molecule has 0 fully saturated rings. The van der Waals surface area contributed by atoms with Crippen molar-refractivity contribution in [2.24, 2.45) is 10.9 Å². The molecule has 0 aliphatic rings. The molecule has 96 valence electrons. The Kier molecular flexibility index (Phi) is 5.75. The molecular weight excluding hydrogens is 226 g/mol. The number of terminal acetylenes is 1. The molecule has 18 heavy (non-hydrogen) atoms. The molecule has 0 aromatic heterocycles. The molecule has 2 unspecified atom stereocenters. The lowest BCUT2D eigenvalue weighted by atomic mass is 10.0. The van der Waals surface area contributed by atoms with E-state index in [1.807, 2.05) is 37.3 Å². The third-order valence-electron chi connectivity index (χ3n) is 2.76. The summed E-state index contributed by atoms with van der Waals surface area (Å²) >= 11 is 0. The lowest BCUT2D eigenvalue weighted by Gasteiger charge is -2.22. The van der Waals surface area contributed by atoms with Gasteiger partial charge in [-0.3, -0.25) is 5.32 Å². The fourth-order valence-corrected chi connectivity index (χ4v) is 1.73. The molecule has 0 amide bonds. The molecule has 0 saturated carbocycles. The van der Waals surface area contributed by atoms with Crippen molar-refractivity contribution in [1.82, 2.24) is 5.32 Å². The van der Waals surface area contributed by atoms with Crippen molar-refractivity contribution in [1.29, 1.82) is 0 Å². The highest BCUT2D eigenvalue weighted by Gasteiger charge is 2.16. The summed E-state index contributed by atoms with van der Waals surface area (Å²) < 4.78 is 0. The maximum Gasteiger partial charge on any atom is 0.141 e. The van der Waals surface area contributed by atoms with E-state index in [0.717, 1.165) is 12.0 Å². The predicted octanol–water partition coefficient (Wildman–Crippen LogP) is 1.87. The summed E-state index contributed by atoms with van der Waals surface area (Å²) in [7, 11) is 0. The number of oxime groups is 1. The Bertz CT molecular complexity index is 422. The zero-order valence-electron chi connectivity index (χ0n) is 10.5. The largest absolute Gasteiger partial charge is 0.409 e.